The lowest BCUT2D eigenvalue weighted by molar-refractivity contribution is -0.143. The Labute approximate surface area is 260 Å². The standard InChI is InChI=1S/C32H30ClN3O7S/c1-42-30(37)17-27-19-35(44(40,41)29-10-8-24-15-26(33)9-7-25(24)16-29)20-28(18-31(38)43-2)36(27)32(39)23-5-3-21(4-6-23)22-11-13-34-14-12-22/h3-16,27-28H,17-20H2,1-2H3/t27-,28-/m0/s1. The van der Waals surface area contributed by atoms with Gasteiger partial charge in [0.1, 0.15) is 0 Å². The molecule has 0 radical (unpaired) electrons. The summed E-state index contributed by atoms with van der Waals surface area (Å²) in [7, 11) is -1.67. The molecular weight excluding hydrogens is 606 g/mol. The molecule has 2 heterocycles. The van der Waals surface area contributed by atoms with Gasteiger partial charge in [0.05, 0.1) is 44.0 Å². The predicted octanol–water partition coefficient (Wildman–Crippen LogP) is 4.57. The van der Waals surface area contributed by atoms with E-state index in [0.717, 1.165) is 16.5 Å². The van der Waals surface area contributed by atoms with E-state index in [2.05, 4.69) is 4.98 Å². The van der Waals surface area contributed by atoms with Gasteiger partial charge in [0.2, 0.25) is 10.0 Å². The Morgan fingerprint density at radius 2 is 1.34 bits per heavy atom. The van der Waals surface area contributed by atoms with Crippen LogP contribution >= 0.6 is 11.6 Å². The molecule has 0 N–H and O–H groups in total. The first-order valence-electron chi connectivity index (χ1n) is 13.8. The second kappa shape index (κ2) is 13.1. The summed E-state index contributed by atoms with van der Waals surface area (Å²) >= 11 is 6.09. The van der Waals surface area contributed by atoms with Crippen molar-refractivity contribution in [3.05, 3.63) is 95.8 Å². The van der Waals surface area contributed by atoms with Crippen LogP contribution < -0.4 is 0 Å². The number of aromatic nitrogens is 1. The Morgan fingerprint density at radius 1 is 0.795 bits per heavy atom. The maximum atomic E-state index is 14.0. The van der Waals surface area contributed by atoms with Gasteiger partial charge in [-0.25, -0.2) is 8.42 Å². The van der Waals surface area contributed by atoms with Gasteiger partial charge < -0.3 is 14.4 Å². The summed E-state index contributed by atoms with van der Waals surface area (Å²) in [6, 6.07) is 18.6. The fourth-order valence-electron chi connectivity index (χ4n) is 5.43. The number of halogens is 1. The largest absolute Gasteiger partial charge is 0.469 e. The van der Waals surface area contributed by atoms with Crippen LogP contribution in [0.3, 0.4) is 0 Å². The van der Waals surface area contributed by atoms with Crippen molar-refractivity contribution in [2.45, 2.75) is 29.8 Å². The Balaban J connectivity index is 1.51. The summed E-state index contributed by atoms with van der Waals surface area (Å²) in [5.74, 6) is -1.70. The molecule has 1 fully saturated rings. The molecule has 1 aliphatic heterocycles. The fraction of sp³-hybridized carbons (Fsp3) is 0.250. The molecule has 0 aliphatic carbocycles. The number of hydrogen-bond acceptors (Lipinski definition) is 8. The van der Waals surface area contributed by atoms with Crippen molar-refractivity contribution in [2.75, 3.05) is 27.3 Å². The lowest BCUT2D eigenvalue weighted by Gasteiger charge is -2.45. The quantitative estimate of drug-likeness (QED) is 0.258. The van der Waals surface area contributed by atoms with E-state index in [1.807, 2.05) is 12.1 Å². The van der Waals surface area contributed by atoms with Gasteiger partial charge in [-0.1, -0.05) is 35.9 Å². The third-order valence-corrected chi connectivity index (χ3v) is 9.73. The number of benzene rings is 3. The van der Waals surface area contributed by atoms with Crippen molar-refractivity contribution in [3.8, 4) is 11.1 Å². The first kappa shape index (κ1) is 31.1. The molecule has 2 atom stereocenters. The summed E-state index contributed by atoms with van der Waals surface area (Å²) in [5.41, 5.74) is 2.11. The molecule has 3 aromatic carbocycles. The summed E-state index contributed by atoms with van der Waals surface area (Å²) in [4.78, 5) is 44.6. The molecule has 4 aromatic rings. The number of pyridine rings is 1. The van der Waals surface area contributed by atoms with Gasteiger partial charge in [-0.3, -0.25) is 19.4 Å². The average molecular weight is 636 g/mol. The van der Waals surface area contributed by atoms with Crippen LogP contribution in [0.5, 0.6) is 0 Å². The maximum absolute atomic E-state index is 14.0. The molecule has 0 spiro atoms. The van der Waals surface area contributed by atoms with Crippen LogP contribution in [0, 0.1) is 0 Å². The van der Waals surface area contributed by atoms with Crippen LogP contribution in [0.25, 0.3) is 21.9 Å². The maximum Gasteiger partial charge on any atom is 0.307 e. The van der Waals surface area contributed by atoms with Crippen LogP contribution in [-0.2, 0) is 29.1 Å². The van der Waals surface area contributed by atoms with Gasteiger partial charge in [0.25, 0.3) is 5.91 Å². The minimum atomic E-state index is -4.11. The number of esters is 2. The van der Waals surface area contributed by atoms with E-state index in [0.29, 0.717) is 16.0 Å². The molecule has 0 unspecified atom stereocenters. The summed E-state index contributed by atoms with van der Waals surface area (Å²) in [5, 5.41) is 1.97. The molecule has 228 valence electrons. The first-order chi connectivity index (χ1) is 21.1. The highest BCUT2D eigenvalue weighted by Gasteiger charge is 2.44. The van der Waals surface area contributed by atoms with E-state index in [4.69, 9.17) is 21.1 Å². The van der Waals surface area contributed by atoms with Crippen LogP contribution in [0.1, 0.15) is 23.2 Å². The number of nitrogens with zero attached hydrogens (tertiary/aromatic N) is 3. The van der Waals surface area contributed by atoms with Gasteiger partial charge in [0, 0.05) is 36.1 Å². The van der Waals surface area contributed by atoms with Gasteiger partial charge in [0.15, 0.2) is 0 Å². The van der Waals surface area contributed by atoms with E-state index in [1.165, 1.54) is 29.5 Å². The topological polar surface area (TPSA) is 123 Å². The monoisotopic (exact) mass is 635 g/mol. The number of ether oxygens (including phenoxy) is 2. The van der Waals surface area contributed by atoms with Crippen molar-refractivity contribution in [3.63, 3.8) is 0 Å². The van der Waals surface area contributed by atoms with Crippen LogP contribution in [0.2, 0.25) is 5.02 Å². The fourth-order valence-corrected chi connectivity index (χ4v) is 7.16. The van der Waals surface area contributed by atoms with Gasteiger partial charge in [-0.2, -0.15) is 4.31 Å². The first-order valence-corrected chi connectivity index (χ1v) is 15.6. The second-order valence-corrected chi connectivity index (χ2v) is 12.7. The number of rotatable bonds is 8. The van der Waals surface area contributed by atoms with Crippen molar-refractivity contribution in [1.82, 2.24) is 14.2 Å². The van der Waals surface area contributed by atoms with Crippen molar-refractivity contribution in [1.29, 1.82) is 0 Å². The third kappa shape index (κ3) is 6.59. The van der Waals surface area contributed by atoms with Crippen LogP contribution in [0.4, 0.5) is 0 Å². The molecule has 10 nitrogen and oxygen atoms in total. The number of hydrogen-bond donors (Lipinski definition) is 0. The Hall–Kier alpha value is -4.32. The number of sulfonamides is 1. The molecule has 44 heavy (non-hydrogen) atoms. The van der Waals surface area contributed by atoms with E-state index in [9.17, 15) is 22.8 Å². The van der Waals surface area contributed by atoms with Gasteiger partial charge >= 0.3 is 11.9 Å². The molecule has 1 amide bonds. The minimum Gasteiger partial charge on any atom is -0.469 e. The molecule has 1 saturated heterocycles. The summed E-state index contributed by atoms with van der Waals surface area (Å²) in [6.07, 6.45) is 2.78. The van der Waals surface area contributed by atoms with E-state index in [1.54, 1.807) is 67.0 Å². The lowest BCUT2D eigenvalue weighted by atomic mass is 9.99. The molecule has 1 aromatic heterocycles. The molecule has 5 rings (SSSR count). The summed E-state index contributed by atoms with van der Waals surface area (Å²) in [6.45, 7) is -0.372. The molecule has 1 aliphatic rings. The normalized spacial score (nSPS) is 17.3. The van der Waals surface area contributed by atoms with E-state index >= 15 is 0 Å². The van der Waals surface area contributed by atoms with Crippen LogP contribution in [-0.4, -0.2) is 79.8 Å². The van der Waals surface area contributed by atoms with Crippen molar-refractivity contribution in [2.24, 2.45) is 0 Å². The SMILES string of the molecule is COC(=O)C[C@H]1CN(S(=O)(=O)c2ccc3cc(Cl)ccc3c2)C[C@H](CC(=O)OC)N1C(=O)c1ccc(-c2ccncc2)cc1. The highest BCUT2D eigenvalue weighted by molar-refractivity contribution is 7.89. The third-order valence-electron chi connectivity index (χ3n) is 7.67. The Bertz CT molecular complexity index is 1770. The number of methoxy groups -OCH3 is 2. The number of fused-ring (bicyclic) bond motifs is 1. The van der Waals surface area contributed by atoms with E-state index in [-0.39, 0.29) is 30.8 Å². The van der Waals surface area contributed by atoms with Gasteiger partial charge in [-0.05, 0) is 70.4 Å². The number of carbonyl (C=O) groups excluding carboxylic acids is 3. The zero-order valence-corrected chi connectivity index (χ0v) is 25.6. The van der Waals surface area contributed by atoms with Crippen LogP contribution in [0.15, 0.2) is 90.1 Å². The van der Waals surface area contributed by atoms with E-state index < -0.39 is 40.0 Å². The Kier molecular flexibility index (Phi) is 9.28. The second-order valence-electron chi connectivity index (χ2n) is 10.4. The highest BCUT2D eigenvalue weighted by Crippen LogP contribution is 2.31. The minimum absolute atomic E-state index is 0.0347. The number of piperazine rings is 1. The van der Waals surface area contributed by atoms with Crippen molar-refractivity contribution < 1.29 is 32.3 Å². The smallest absolute Gasteiger partial charge is 0.307 e. The zero-order chi connectivity index (χ0) is 31.4. The molecule has 12 heteroatoms. The predicted molar refractivity (Wildman–Crippen MR) is 164 cm³/mol. The average Bonchev–Trinajstić information content (AvgIpc) is 3.04. The van der Waals surface area contributed by atoms with Crippen molar-refractivity contribution >= 4 is 50.2 Å². The lowest BCUT2D eigenvalue weighted by Crippen LogP contribution is -2.62. The van der Waals surface area contributed by atoms with Gasteiger partial charge in [-0.15, -0.1) is 0 Å². The highest BCUT2D eigenvalue weighted by atomic mass is 35.5. The molecule has 0 bridgehead atoms. The summed E-state index contributed by atoms with van der Waals surface area (Å²) < 4.78 is 39.0. The zero-order valence-electron chi connectivity index (χ0n) is 24.1. The number of amides is 1. The molecule has 0 saturated carbocycles. The molecular formula is C32H30ClN3O7S. The number of carbonyl (C=O) groups is 3. The Morgan fingerprint density at radius 3 is 1.93 bits per heavy atom.